The van der Waals surface area contributed by atoms with E-state index in [1.807, 2.05) is 0 Å². The normalized spacial score (nSPS) is 33.2. The van der Waals surface area contributed by atoms with Gasteiger partial charge in [-0.3, -0.25) is 0 Å². The molecule has 2 heteroatoms. The van der Waals surface area contributed by atoms with Crippen LogP contribution in [0, 0.1) is 11.8 Å². The molecule has 1 fully saturated rings. The zero-order valence-corrected chi connectivity index (χ0v) is 9.00. The van der Waals surface area contributed by atoms with Gasteiger partial charge in [0.1, 0.15) is 0 Å². The van der Waals surface area contributed by atoms with Gasteiger partial charge >= 0.3 is 0 Å². The Bertz CT molecular complexity index is 147. The van der Waals surface area contributed by atoms with E-state index in [1.54, 1.807) is 0 Å². The zero-order chi connectivity index (χ0) is 9.84. The lowest BCUT2D eigenvalue weighted by molar-refractivity contribution is 0.339. The van der Waals surface area contributed by atoms with E-state index in [4.69, 9.17) is 11.5 Å². The summed E-state index contributed by atoms with van der Waals surface area (Å²) in [5.74, 6) is 1.52. The zero-order valence-electron chi connectivity index (χ0n) is 9.00. The van der Waals surface area contributed by atoms with Crippen molar-refractivity contribution in [1.82, 2.24) is 0 Å². The molecule has 0 saturated heterocycles. The van der Waals surface area contributed by atoms with Crippen molar-refractivity contribution in [3.05, 3.63) is 0 Å². The molecule has 4 atom stereocenters. The summed E-state index contributed by atoms with van der Waals surface area (Å²) >= 11 is 0. The Morgan fingerprint density at radius 1 is 1.38 bits per heavy atom. The molecule has 1 rings (SSSR count). The van der Waals surface area contributed by atoms with Crippen LogP contribution in [0.15, 0.2) is 0 Å². The average molecular weight is 184 g/mol. The second kappa shape index (κ2) is 4.97. The van der Waals surface area contributed by atoms with Crippen molar-refractivity contribution in [3.8, 4) is 0 Å². The van der Waals surface area contributed by atoms with Crippen LogP contribution in [-0.4, -0.2) is 12.1 Å². The molecule has 0 aliphatic heterocycles. The highest BCUT2D eigenvalue weighted by molar-refractivity contribution is 4.80. The minimum Gasteiger partial charge on any atom is -0.328 e. The molecule has 1 aliphatic rings. The smallest absolute Gasteiger partial charge is 0.00620 e. The Balaban J connectivity index is 2.24. The number of rotatable bonds is 4. The molecule has 4 unspecified atom stereocenters. The van der Waals surface area contributed by atoms with E-state index in [9.17, 15) is 0 Å². The molecule has 0 amide bonds. The summed E-state index contributed by atoms with van der Waals surface area (Å²) in [5, 5.41) is 0. The largest absolute Gasteiger partial charge is 0.328 e. The average Bonchev–Trinajstić information content (AvgIpc) is 2.49. The van der Waals surface area contributed by atoms with Crippen LogP contribution in [0.3, 0.4) is 0 Å². The highest BCUT2D eigenvalue weighted by Crippen LogP contribution is 2.30. The summed E-state index contributed by atoms with van der Waals surface area (Å²) in [6.07, 6.45) is 6.14. The standard InChI is InChI=1S/C11H24N2/c1-3-11(13)8(2)6-9-4-5-10(12)7-9/h8-11H,3-7,12-13H2,1-2H3. The van der Waals surface area contributed by atoms with Gasteiger partial charge in [-0.05, 0) is 43.9 Å². The van der Waals surface area contributed by atoms with Crippen molar-refractivity contribution in [3.63, 3.8) is 0 Å². The molecule has 0 aromatic heterocycles. The molecule has 0 aromatic carbocycles. The minimum absolute atomic E-state index is 0.386. The fourth-order valence-corrected chi connectivity index (χ4v) is 2.43. The molecule has 1 aliphatic carbocycles. The van der Waals surface area contributed by atoms with Gasteiger partial charge < -0.3 is 11.5 Å². The molecule has 1 saturated carbocycles. The Labute approximate surface area is 82.1 Å². The first-order chi connectivity index (χ1) is 6.13. The van der Waals surface area contributed by atoms with Gasteiger partial charge in [-0.1, -0.05) is 13.8 Å². The van der Waals surface area contributed by atoms with Gasteiger partial charge in [0.25, 0.3) is 0 Å². The molecule has 0 aromatic rings. The van der Waals surface area contributed by atoms with Gasteiger partial charge in [-0.25, -0.2) is 0 Å². The predicted molar refractivity (Wildman–Crippen MR) is 57.4 cm³/mol. The van der Waals surface area contributed by atoms with E-state index in [1.165, 1.54) is 25.7 Å². The number of hydrogen-bond acceptors (Lipinski definition) is 2. The summed E-state index contributed by atoms with van der Waals surface area (Å²) in [7, 11) is 0. The molecule has 0 spiro atoms. The first-order valence-corrected chi connectivity index (χ1v) is 5.64. The maximum atomic E-state index is 6.00. The lowest BCUT2D eigenvalue weighted by Crippen LogP contribution is -2.28. The lowest BCUT2D eigenvalue weighted by atomic mass is 9.88. The Morgan fingerprint density at radius 3 is 2.54 bits per heavy atom. The molecule has 2 nitrogen and oxygen atoms in total. The van der Waals surface area contributed by atoms with Crippen LogP contribution in [0.5, 0.6) is 0 Å². The Morgan fingerprint density at radius 2 is 2.08 bits per heavy atom. The third-order valence-electron chi connectivity index (χ3n) is 3.49. The van der Waals surface area contributed by atoms with E-state index in [2.05, 4.69) is 13.8 Å². The van der Waals surface area contributed by atoms with Gasteiger partial charge in [-0.2, -0.15) is 0 Å². The summed E-state index contributed by atoms with van der Waals surface area (Å²) in [5.41, 5.74) is 11.9. The second-order valence-corrected chi connectivity index (χ2v) is 4.72. The third-order valence-corrected chi connectivity index (χ3v) is 3.49. The second-order valence-electron chi connectivity index (χ2n) is 4.72. The van der Waals surface area contributed by atoms with E-state index >= 15 is 0 Å². The predicted octanol–water partition coefficient (Wildman–Crippen LogP) is 1.88. The number of hydrogen-bond donors (Lipinski definition) is 2. The van der Waals surface area contributed by atoms with E-state index < -0.39 is 0 Å². The van der Waals surface area contributed by atoms with Gasteiger partial charge in [0, 0.05) is 12.1 Å². The fourth-order valence-electron chi connectivity index (χ4n) is 2.43. The van der Waals surface area contributed by atoms with E-state index in [-0.39, 0.29) is 0 Å². The van der Waals surface area contributed by atoms with Crippen LogP contribution in [0.4, 0.5) is 0 Å². The minimum atomic E-state index is 0.386. The quantitative estimate of drug-likeness (QED) is 0.701. The molecular formula is C11H24N2. The highest BCUT2D eigenvalue weighted by Gasteiger charge is 2.24. The van der Waals surface area contributed by atoms with Crippen molar-refractivity contribution >= 4 is 0 Å². The fraction of sp³-hybridized carbons (Fsp3) is 1.00. The first kappa shape index (κ1) is 11.0. The van der Waals surface area contributed by atoms with Gasteiger partial charge in [0.2, 0.25) is 0 Å². The lowest BCUT2D eigenvalue weighted by Gasteiger charge is -2.21. The molecule has 0 radical (unpaired) electrons. The van der Waals surface area contributed by atoms with Crippen LogP contribution in [-0.2, 0) is 0 Å². The summed E-state index contributed by atoms with van der Waals surface area (Å²) in [6, 6.07) is 0.854. The Kier molecular flexibility index (Phi) is 4.20. The topological polar surface area (TPSA) is 52.0 Å². The van der Waals surface area contributed by atoms with Crippen molar-refractivity contribution in [2.24, 2.45) is 23.3 Å². The van der Waals surface area contributed by atoms with Crippen molar-refractivity contribution in [1.29, 1.82) is 0 Å². The monoisotopic (exact) mass is 184 g/mol. The van der Waals surface area contributed by atoms with Gasteiger partial charge in [-0.15, -0.1) is 0 Å². The molecule has 4 N–H and O–H groups in total. The van der Waals surface area contributed by atoms with Crippen molar-refractivity contribution in [2.45, 2.75) is 58.0 Å². The Hall–Kier alpha value is -0.0800. The van der Waals surface area contributed by atoms with Crippen LogP contribution in [0.1, 0.15) is 46.0 Å². The summed E-state index contributed by atoms with van der Waals surface area (Å²) in [6.45, 7) is 4.44. The van der Waals surface area contributed by atoms with E-state index in [0.717, 1.165) is 12.3 Å². The third kappa shape index (κ3) is 3.28. The summed E-state index contributed by atoms with van der Waals surface area (Å²) < 4.78 is 0. The highest BCUT2D eigenvalue weighted by atomic mass is 14.7. The maximum Gasteiger partial charge on any atom is 0.00620 e. The molecule has 78 valence electrons. The van der Waals surface area contributed by atoms with Crippen molar-refractivity contribution in [2.75, 3.05) is 0 Å². The van der Waals surface area contributed by atoms with Crippen LogP contribution < -0.4 is 11.5 Å². The molecule has 0 heterocycles. The van der Waals surface area contributed by atoms with Crippen LogP contribution in [0.2, 0.25) is 0 Å². The van der Waals surface area contributed by atoms with Crippen LogP contribution in [0.25, 0.3) is 0 Å². The molecule has 13 heavy (non-hydrogen) atoms. The van der Waals surface area contributed by atoms with Crippen LogP contribution >= 0.6 is 0 Å². The van der Waals surface area contributed by atoms with Gasteiger partial charge in [0.15, 0.2) is 0 Å². The van der Waals surface area contributed by atoms with E-state index in [0.29, 0.717) is 18.0 Å². The molecular weight excluding hydrogens is 160 g/mol. The molecule has 0 bridgehead atoms. The SMILES string of the molecule is CCC(N)C(C)CC1CCC(N)C1. The number of nitrogens with two attached hydrogens (primary N) is 2. The maximum absolute atomic E-state index is 6.00. The first-order valence-electron chi connectivity index (χ1n) is 5.64. The van der Waals surface area contributed by atoms with Crippen molar-refractivity contribution < 1.29 is 0 Å². The van der Waals surface area contributed by atoms with Gasteiger partial charge in [0.05, 0.1) is 0 Å². The summed E-state index contributed by atoms with van der Waals surface area (Å²) in [4.78, 5) is 0.